The maximum absolute atomic E-state index is 6.05. The van der Waals surface area contributed by atoms with Crippen molar-refractivity contribution in [3.05, 3.63) is 39.8 Å². The van der Waals surface area contributed by atoms with Gasteiger partial charge in [0, 0.05) is 23.5 Å². The highest BCUT2D eigenvalue weighted by Gasteiger charge is 2.10. The van der Waals surface area contributed by atoms with Crippen LogP contribution in [0, 0.1) is 6.92 Å². The van der Waals surface area contributed by atoms with E-state index in [0.29, 0.717) is 10.8 Å². The summed E-state index contributed by atoms with van der Waals surface area (Å²) in [7, 11) is 1.62. The Labute approximate surface area is 107 Å². The number of aromatic nitrogens is 2. The van der Waals surface area contributed by atoms with Gasteiger partial charge < -0.3 is 4.74 Å². The number of halogens is 2. The standard InChI is InChI=1S/C11H10BrClN2O/c1-7-5-9(10(16-2)6-8(7)13)15-4-3-14-11(15)12/h3-6H,1-2H3. The molecule has 0 N–H and O–H groups in total. The number of benzene rings is 1. The molecule has 0 aliphatic rings. The Bertz CT molecular complexity index is 525. The molecule has 0 fully saturated rings. The first-order chi connectivity index (χ1) is 7.63. The number of ether oxygens (including phenoxy) is 1. The van der Waals surface area contributed by atoms with Crippen LogP contribution in [-0.4, -0.2) is 16.7 Å². The zero-order chi connectivity index (χ0) is 11.7. The summed E-state index contributed by atoms with van der Waals surface area (Å²) in [6.45, 7) is 1.95. The monoisotopic (exact) mass is 300 g/mol. The highest BCUT2D eigenvalue weighted by Crippen LogP contribution is 2.31. The molecule has 1 aromatic heterocycles. The molecule has 0 saturated heterocycles. The van der Waals surface area contributed by atoms with Gasteiger partial charge in [0.1, 0.15) is 5.75 Å². The minimum absolute atomic E-state index is 0.692. The Kier molecular flexibility index (Phi) is 3.21. The summed E-state index contributed by atoms with van der Waals surface area (Å²) in [6.07, 6.45) is 3.57. The molecule has 0 aliphatic heterocycles. The average molecular weight is 302 g/mol. The van der Waals surface area contributed by atoms with Gasteiger partial charge in [0.2, 0.25) is 0 Å². The van der Waals surface area contributed by atoms with E-state index in [1.54, 1.807) is 19.4 Å². The zero-order valence-electron chi connectivity index (χ0n) is 8.87. The van der Waals surface area contributed by atoms with Gasteiger partial charge in [-0.1, -0.05) is 11.6 Å². The van der Waals surface area contributed by atoms with Crippen molar-refractivity contribution < 1.29 is 4.74 Å². The molecule has 84 valence electrons. The quantitative estimate of drug-likeness (QED) is 0.847. The number of nitrogens with zero attached hydrogens (tertiary/aromatic N) is 2. The third-order valence-corrected chi connectivity index (χ3v) is 3.31. The Balaban J connectivity index is 2.64. The average Bonchev–Trinajstić information content (AvgIpc) is 2.68. The van der Waals surface area contributed by atoms with E-state index in [0.717, 1.165) is 16.0 Å². The van der Waals surface area contributed by atoms with Crippen molar-refractivity contribution in [2.45, 2.75) is 6.92 Å². The van der Waals surface area contributed by atoms with Crippen LogP contribution in [0.25, 0.3) is 5.69 Å². The van der Waals surface area contributed by atoms with E-state index in [1.807, 2.05) is 23.8 Å². The van der Waals surface area contributed by atoms with Crippen molar-refractivity contribution in [1.29, 1.82) is 0 Å². The normalized spacial score (nSPS) is 10.5. The van der Waals surface area contributed by atoms with Crippen molar-refractivity contribution in [3.63, 3.8) is 0 Å². The second kappa shape index (κ2) is 4.47. The van der Waals surface area contributed by atoms with Crippen LogP contribution < -0.4 is 4.74 Å². The zero-order valence-corrected chi connectivity index (χ0v) is 11.2. The third-order valence-electron chi connectivity index (χ3n) is 2.32. The molecule has 0 saturated carbocycles. The lowest BCUT2D eigenvalue weighted by molar-refractivity contribution is 0.412. The maximum atomic E-state index is 6.05. The number of methoxy groups -OCH3 is 1. The Morgan fingerprint density at radius 2 is 2.19 bits per heavy atom. The fraction of sp³-hybridized carbons (Fsp3) is 0.182. The first-order valence-corrected chi connectivity index (χ1v) is 5.84. The number of imidazole rings is 1. The van der Waals surface area contributed by atoms with E-state index in [9.17, 15) is 0 Å². The molecule has 2 aromatic rings. The molecular formula is C11H10BrClN2O. The molecular weight excluding hydrogens is 291 g/mol. The number of hydrogen-bond acceptors (Lipinski definition) is 2. The Morgan fingerprint density at radius 3 is 2.75 bits per heavy atom. The van der Waals surface area contributed by atoms with Gasteiger partial charge in [0.15, 0.2) is 4.73 Å². The van der Waals surface area contributed by atoms with Gasteiger partial charge in [-0.25, -0.2) is 4.98 Å². The molecule has 2 rings (SSSR count). The lowest BCUT2D eigenvalue weighted by Gasteiger charge is -2.12. The van der Waals surface area contributed by atoms with Crippen molar-refractivity contribution >= 4 is 27.5 Å². The molecule has 3 nitrogen and oxygen atoms in total. The van der Waals surface area contributed by atoms with E-state index in [4.69, 9.17) is 16.3 Å². The molecule has 0 atom stereocenters. The van der Waals surface area contributed by atoms with E-state index in [1.165, 1.54) is 0 Å². The highest BCUT2D eigenvalue weighted by molar-refractivity contribution is 9.10. The fourth-order valence-corrected chi connectivity index (χ4v) is 2.05. The smallest absolute Gasteiger partial charge is 0.181 e. The molecule has 0 bridgehead atoms. The molecule has 0 amide bonds. The van der Waals surface area contributed by atoms with Gasteiger partial charge in [-0.2, -0.15) is 0 Å². The summed E-state index contributed by atoms with van der Waals surface area (Å²) in [5.74, 6) is 0.717. The predicted molar refractivity (Wildman–Crippen MR) is 67.6 cm³/mol. The van der Waals surface area contributed by atoms with Crippen LogP contribution in [0.2, 0.25) is 5.02 Å². The van der Waals surface area contributed by atoms with Gasteiger partial charge in [-0.15, -0.1) is 0 Å². The van der Waals surface area contributed by atoms with Crippen molar-refractivity contribution in [1.82, 2.24) is 9.55 Å². The lowest BCUT2D eigenvalue weighted by Crippen LogP contribution is -1.98. The summed E-state index contributed by atoms with van der Waals surface area (Å²) in [4.78, 5) is 4.11. The largest absolute Gasteiger partial charge is 0.495 e. The molecule has 0 spiro atoms. The Morgan fingerprint density at radius 1 is 1.44 bits per heavy atom. The van der Waals surface area contributed by atoms with Gasteiger partial charge in [-0.3, -0.25) is 4.57 Å². The number of aryl methyl sites for hydroxylation is 1. The molecule has 5 heteroatoms. The van der Waals surface area contributed by atoms with Crippen molar-refractivity contribution in [3.8, 4) is 11.4 Å². The molecule has 1 heterocycles. The van der Waals surface area contributed by atoms with Crippen LogP contribution in [-0.2, 0) is 0 Å². The summed E-state index contributed by atoms with van der Waals surface area (Å²) >= 11 is 9.42. The predicted octanol–water partition coefficient (Wildman–Crippen LogP) is 3.61. The molecule has 1 aromatic carbocycles. The minimum Gasteiger partial charge on any atom is -0.495 e. The van der Waals surface area contributed by atoms with Crippen LogP contribution >= 0.6 is 27.5 Å². The van der Waals surface area contributed by atoms with Gasteiger partial charge in [0.25, 0.3) is 0 Å². The number of rotatable bonds is 2. The second-order valence-corrected chi connectivity index (χ2v) is 4.46. The highest BCUT2D eigenvalue weighted by atomic mass is 79.9. The van der Waals surface area contributed by atoms with Gasteiger partial charge >= 0.3 is 0 Å². The molecule has 0 aliphatic carbocycles. The summed E-state index contributed by atoms with van der Waals surface area (Å²) < 4.78 is 7.93. The number of hydrogen-bond donors (Lipinski definition) is 0. The van der Waals surface area contributed by atoms with E-state index >= 15 is 0 Å². The topological polar surface area (TPSA) is 27.1 Å². The van der Waals surface area contributed by atoms with Crippen LogP contribution in [0.4, 0.5) is 0 Å². The minimum atomic E-state index is 0.692. The van der Waals surface area contributed by atoms with E-state index in [-0.39, 0.29) is 0 Å². The van der Waals surface area contributed by atoms with Gasteiger partial charge in [-0.05, 0) is 34.5 Å². The van der Waals surface area contributed by atoms with Crippen molar-refractivity contribution in [2.24, 2.45) is 0 Å². The molecule has 0 unspecified atom stereocenters. The summed E-state index contributed by atoms with van der Waals surface area (Å²) in [5.41, 5.74) is 1.91. The second-order valence-electron chi connectivity index (χ2n) is 3.34. The van der Waals surface area contributed by atoms with Crippen LogP contribution in [0.5, 0.6) is 5.75 Å². The third kappa shape index (κ3) is 1.95. The van der Waals surface area contributed by atoms with Crippen LogP contribution in [0.3, 0.4) is 0 Å². The van der Waals surface area contributed by atoms with E-state index in [2.05, 4.69) is 20.9 Å². The Hall–Kier alpha value is -1.00. The fourth-order valence-electron chi connectivity index (χ4n) is 1.46. The SMILES string of the molecule is COc1cc(Cl)c(C)cc1-n1ccnc1Br. The van der Waals surface area contributed by atoms with Crippen molar-refractivity contribution in [2.75, 3.05) is 7.11 Å². The molecule has 16 heavy (non-hydrogen) atoms. The first kappa shape index (κ1) is 11.5. The first-order valence-electron chi connectivity index (χ1n) is 4.67. The molecule has 0 radical (unpaired) electrons. The summed E-state index contributed by atoms with van der Waals surface area (Å²) in [6, 6.07) is 3.77. The van der Waals surface area contributed by atoms with Crippen LogP contribution in [0.15, 0.2) is 29.3 Å². The lowest BCUT2D eigenvalue weighted by atomic mass is 10.2. The summed E-state index contributed by atoms with van der Waals surface area (Å²) in [5, 5.41) is 0.692. The van der Waals surface area contributed by atoms with E-state index < -0.39 is 0 Å². The maximum Gasteiger partial charge on any atom is 0.181 e. The van der Waals surface area contributed by atoms with Crippen LogP contribution in [0.1, 0.15) is 5.56 Å². The van der Waals surface area contributed by atoms with Gasteiger partial charge in [0.05, 0.1) is 12.8 Å².